The van der Waals surface area contributed by atoms with Crippen molar-refractivity contribution >= 4 is 11.3 Å². The lowest BCUT2D eigenvalue weighted by molar-refractivity contribution is -0.323. The molecule has 0 atom stereocenters. The molecule has 1 aromatic heterocycles. The lowest BCUT2D eigenvalue weighted by Crippen LogP contribution is -2.25. The van der Waals surface area contributed by atoms with Crippen LogP contribution in [0.1, 0.15) is 10.7 Å². The normalized spacial score (nSPS) is 12.0. The molecule has 0 fully saturated rings. The maximum Gasteiger partial charge on any atom is 0.522 e. The van der Waals surface area contributed by atoms with Crippen molar-refractivity contribution in [2.45, 2.75) is 19.7 Å². The Bertz CT molecular complexity index is 314. The van der Waals surface area contributed by atoms with Crippen molar-refractivity contribution in [2.24, 2.45) is 0 Å². The van der Waals surface area contributed by atoms with Crippen LogP contribution in [0.4, 0.5) is 13.2 Å². The summed E-state index contributed by atoms with van der Waals surface area (Å²) in [5, 5.41) is 5.80. The quantitative estimate of drug-likeness (QED) is 0.790. The Labute approximate surface area is 95.6 Å². The van der Waals surface area contributed by atoms with Gasteiger partial charge in [-0.15, -0.1) is 24.5 Å². The second kappa shape index (κ2) is 6.17. The molecule has 0 unspecified atom stereocenters. The van der Waals surface area contributed by atoms with Crippen LogP contribution in [0.15, 0.2) is 5.38 Å². The van der Waals surface area contributed by atoms with Crippen LogP contribution in [-0.2, 0) is 11.2 Å². The zero-order valence-electron chi connectivity index (χ0n) is 8.80. The van der Waals surface area contributed by atoms with Crippen molar-refractivity contribution in [1.29, 1.82) is 0 Å². The van der Waals surface area contributed by atoms with E-state index in [0.717, 1.165) is 17.1 Å². The van der Waals surface area contributed by atoms with E-state index in [0.29, 0.717) is 6.54 Å². The fourth-order valence-corrected chi connectivity index (χ4v) is 1.75. The van der Waals surface area contributed by atoms with E-state index < -0.39 is 6.36 Å². The second-order valence-electron chi connectivity index (χ2n) is 3.15. The molecule has 0 bridgehead atoms. The smallest absolute Gasteiger partial charge is 0.314 e. The number of alkyl halides is 3. The van der Waals surface area contributed by atoms with Gasteiger partial charge < -0.3 is 5.32 Å². The fourth-order valence-electron chi connectivity index (χ4n) is 1.10. The molecule has 0 aliphatic heterocycles. The number of thiazole rings is 1. The molecule has 1 heterocycles. The standard InChI is InChI=1S/C9H13F3N2OS/c1-7-14-8(6-16-7)2-3-13-4-5-15-9(10,11)12/h6,13H,2-5H2,1H3. The summed E-state index contributed by atoms with van der Waals surface area (Å²) in [6, 6.07) is 0. The Balaban J connectivity index is 2.00. The molecule has 0 amide bonds. The van der Waals surface area contributed by atoms with Gasteiger partial charge in [0, 0.05) is 24.9 Å². The molecule has 92 valence electrons. The Morgan fingerprint density at radius 2 is 2.19 bits per heavy atom. The van der Waals surface area contributed by atoms with E-state index in [1.54, 1.807) is 11.3 Å². The van der Waals surface area contributed by atoms with E-state index in [4.69, 9.17) is 0 Å². The fraction of sp³-hybridized carbons (Fsp3) is 0.667. The lowest BCUT2D eigenvalue weighted by Gasteiger charge is -2.07. The van der Waals surface area contributed by atoms with Crippen LogP contribution in [0, 0.1) is 6.92 Å². The first-order chi connectivity index (χ1) is 7.47. The lowest BCUT2D eigenvalue weighted by atomic mass is 10.3. The summed E-state index contributed by atoms with van der Waals surface area (Å²) >= 11 is 1.56. The summed E-state index contributed by atoms with van der Waals surface area (Å²) in [5.41, 5.74) is 0.965. The van der Waals surface area contributed by atoms with Crippen LogP contribution in [0.5, 0.6) is 0 Å². The molecule has 0 aromatic carbocycles. The highest BCUT2D eigenvalue weighted by molar-refractivity contribution is 7.09. The van der Waals surface area contributed by atoms with Crippen molar-refractivity contribution < 1.29 is 17.9 Å². The molecule has 0 saturated heterocycles. The monoisotopic (exact) mass is 254 g/mol. The molecule has 0 saturated carbocycles. The molecule has 7 heteroatoms. The molecule has 1 rings (SSSR count). The van der Waals surface area contributed by atoms with Crippen molar-refractivity contribution in [2.75, 3.05) is 19.7 Å². The SMILES string of the molecule is Cc1nc(CCNCCOC(F)(F)F)cs1. The number of hydrogen-bond donors (Lipinski definition) is 1. The maximum absolute atomic E-state index is 11.6. The maximum atomic E-state index is 11.6. The van der Waals surface area contributed by atoms with Crippen molar-refractivity contribution in [1.82, 2.24) is 10.3 Å². The average Bonchev–Trinajstić information content (AvgIpc) is 2.56. The molecule has 0 aliphatic carbocycles. The molecule has 0 radical (unpaired) electrons. The number of aromatic nitrogens is 1. The Morgan fingerprint density at radius 3 is 2.75 bits per heavy atom. The molecule has 0 aliphatic rings. The first kappa shape index (κ1) is 13.4. The van der Waals surface area contributed by atoms with E-state index in [1.807, 2.05) is 12.3 Å². The summed E-state index contributed by atoms with van der Waals surface area (Å²) in [6.45, 7) is 2.34. The second-order valence-corrected chi connectivity index (χ2v) is 4.21. The molecule has 3 nitrogen and oxygen atoms in total. The predicted molar refractivity (Wildman–Crippen MR) is 55.4 cm³/mol. The Hall–Kier alpha value is -0.660. The van der Waals surface area contributed by atoms with Crippen LogP contribution >= 0.6 is 11.3 Å². The molecule has 1 aromatic rings. The largest absolute Gasteiger partial charge is 0.522 e. The molecule has 1 N–H and O–H groups in total. The molecular formula is C9H13F3N2OS. The first-order valence-corrected chi connectivity index (χ1v) is 5.68. The number of halogens is 3. The summed E-state index contributed by atoms with van der Waals surface area (Å²) in [7, 11) is 0. The highest BCUT2D eigenvalue weighted by Gasteiger charge is 2.28. The third-order valence-corrected chi connectivity index (χ3v) is 2.59. The first-order valence-electron chi connectivity index (χ1n) is 4.80. The highest BCUT2D eigenvalue weighted by Crippen LogP contribution is 2.15. The number of ether oxygens (including phenoxy) is 1. The van der Waals surface area contributed by atoms with E-state index in [2.05, 4.69) is 15.0 Å². The molecule has 0 spiro atoms. The average molecular weight is 254 g/mol. The van der Waals surface area contributed by atoms with Crippen LogP contribution < -0.4 is 5.32 Å². The van der Waals surface area contributed by atoms with Crippen molar-refractivity contribution in [3.8, 4) is 0 Å². The summed E-state index contributed by atoms with van der Waals surface area (Å²) < 4.78 is 38.3. The summed E-state index contributed by atoms with van der Waals surface area (Å²) in [6.07, 6.45) is -3.82. The molecule has 16 heavy (non-hydrogen) atoms. The highest BCUT2D eigenvalue weighted by atomic mass is 32.1. The number of hydrogen-bond acceptors (Lipinski definition) is 4. The summed E-state index contributed by atoms with van der Waals surface area (Å²) in [5.74, 6) is 0. The number of aryl methyl sites for hydroxylation is 1. The number of rotatable bonds is 6. The number of nitrogens with one attached hydrogen (secondary N) is 1. The summed E-state index contributed by atoms with van der Waals surface area (Å²) in [4.78, 5) is 4.24. The van der Waals surface area contributed by atoms with Gasteiger partial charge in [-0.3, -0.25) is 4.74 Å². The van der Waals surface area contributed by atoms with Crippen molar-refractivity contribution in [3.63, 3.8) is 0 Å². The minimum absolute atomic E-state index is 0.183. The van der Waals surface area contributed by atoms with Gasteiger partial charge in [-0.25, -0.2) is 4.98 Å². The molecular weight excluding hydrogens is 241 g/mol. The number of nitrogens with zero attached hydrogens (tertiary/aromatic N) is 1. The van der Waals surface area contributed by atoms with Crippen LogP contribution in [0.25, 0.3) is 0 Å². The van der Waals surface area contributed by atoms with Gasteiger partial charge >= 0.3 is 6.36 Å². The Kier molecular flexibility index (Phi) is 5.17. The van der Waals surface area contributed by atoms with Gasteiger partial charge in [-0.2, -0.15) is 0 Å². The van der Waals surface area contributed by atoms with Crippen LogP contribution in [0.3, 0.4) is 0 Å². The van der Waals surface area contributed by atoms with Gasteiger partial charge in [0.05, 0.1) is 17.3 Å². The zero-order valence-corrected chi connectivity index (χ0v) is 9.62. The van der Waals surface area contributed by atoms with Gasteiger partial charge in [0.15, 0.2) is 0 Å². The topological polar surface area (TPSA) is 34.2 Å². The van der Waals surface area contributed by atoms with Gasteiger partial charge in [-0.1, -0.05) is 0 Å². The predicted octanol–water partition coefficient (Wildman–Crippen LogP) is 2.12. The van der Waals surface area contributed by atoms with E-state index in [-0.39, 0.29) is 13.2 Å². The Morgan fingerprint density at radius 1 is 1.44 bits per heavy atom. The van der Waals surface area contributed by atoms with Crippen molar-refractivity contribution in [3.05, 3.63) is 16.1 Å². The van der Waals surface area contributed by atoms with Crippen LogP contribution in [-0.4, -0.2) is 31.0 Å². The van der Waals surface area contributed by atoms with Gasteiger partial charge in [0.1, 0.15) is 0 Å². The van der Waals surface area contributed by atoms with Gasteiger partial charge in [-0.05, 0) is 6.92 Å². The minimum Gasteiger partial charge on any atom is -0.314 e. The van der Waals surface area contributed by atoms with E-state index >= 15 is 0 Å². The van der Waals surface area contributed by atoms with Crippen LogP contribution in [0.2, 0.25) is 0 Å². The van der Waals surface area contributed by atoms with E-state index in [9.17, 15) is 13.2 Å². The third kappa shape index (κ3) is 6.04. The van der Waals surface area contributed by atoms with Gasteiger partial charge in [0.2, 0.25) is 0 Å². The third-order valence-electron chi connectivity index (χ3n) is 1.77. The minimum atomic E-state index is -4.53. The van der Waals surface area contributed by atoms with Gasteiger partial charge in [0.25, 0.3) is 0 Å². The zero-order chi connectivity index (χ0) is 12.0. The van der Waals surface area contributed by atoms with E-state index in [1.165, 1.54) is 0 Å².